The van der Waals surface area contributed by atoms with Crippen molar-refractivity contribution in [1.29, 1.82) is 0 Å². The number of guanidine groups is 1. The van der Waals surface area contributed by atoms with Crippen LogP contribution in [-0.2, 0) is 9.53 Å². The van der Waals surface area contributed by atoms with Crippen molar-refractivity contribution in [2.24, 2.45) is 67.6 Å². The third kappa shape index (κ3) is 12.0. The summed E-state index contributed by atoms with van der Waals surface area (Å²) >= 11 is 0. The fraction of sp³-hybridized carbons (Fsp3) is 0.850. The van der Waals surface area contributed by atoms with Gasteiger partial charge in [-0.05, 0) is 118 Å². The predicted molar refractivity (Wildman–Crippen MR) is 220 cm³/mol. The molecule has 4 aliphatic rings. The van der Waals surface area contributed by atoms with Gasteiger partial charge in [0.1, 0.15) is 12.1 Å². The molecule has 52 heavy (non-hydrogen) atoms. The smallest absolute Gasteiger partial charge is 0.407 e. The Kier molecular flexibility index (Phi) is 16.9. The van der Waals surface area contributed by atoms with Gasteiger partial charge in [0.05, 0.1) is 5.84 Å². The summed E-state index contributed by atoms with van der Waals surface area (Å²) in [7, 11) is 3.35. The van der Waals surface area contributed by atoms with Crippen LogP contribution in [0.3, 0.4) is 0 Å². The molecule has 0 radical (unpaired) electrons. The van der Waals surface area contributed by atoms with Crippen molar-refractivity contribution in [2.45, 2.75) is 143 Å². The molecule has 8 N–H and O–H groups in total. The van der Waals surface area contributed by atoms with Gasteiger partial charge in [0.15, 0.2) is 5.96 Å². The zero-order chi connectivity index (χ0) is 37.7. The molecule has 0 spiro atoms. The molecule has 296 valence electrons. The molecule has 8 atom stereocenters. The number of fused-ring (bicyclic) bond motifs is 5. The van der Waals surface area contributed by atoms with E-state index >= 15 is 0 Å². The molecule has 10 nitrogen and oxygen atoms in total. The molecule has 0 aromatic carbocycles. The zero-order valence-electron chi connectivity index (χ0n) is 32.9. The SMILES string of the molecule is CC(N)=NC(CCCCN=C(N)N)C(=O)NCCSSCCNC(=O)OC1CCC2(C)C(=CCC3C2CCC2(C)C(CCCCC(C)C)CCC32)C1. The Labute approximate surface area is 322 Å². The Morgan fingerprint density at radius 1 is 0.942 bits per heavy atom. The fourth-order valence-electron chi connectivity index (χ4n) is 10.3. The first-order valence-corrected chi connectivity index (χ1v) is 22.8. The van der Waals surface area contributed by atoms with E-state index in [0.717, 1.165) is 73.2 Å². The molecule has 2 amide bonds. The number of allylic oxidation sites excluding steroid dienone is 1. The minimum absolute atomic E-state index is 0.0356. The van der Waals surface area contributed by atoms with Crippen LogP contribution in [0.25, 0.3) is 0 Å². The first-order valence-electron chi connectivity index (χ1n) is 20.3. The van der Waals surface area contributed by atoms with Crippen LogP contribution in [0.4, 0.5) is 4.79 Å². The number of carbonyl (C=O) groups excluding carboxylic acids is 2. The summed E-state index contributed by atoms with van der Waals surface area (Å²) < 4.78 is 5.96. The lowest BCUT2D eigenvalue weighted by Crippen LogP contribution is -2.50. The minimum Gasteiger partial charge on any atom is -0.446 e. The number of unbranched alkanes of at least 4 members (excludes halogenated alkanes) is 2. The number of nitrogens with two attached hydrogens (primary N) is 3. The number of rotatable bonds is 20. The van der Waals surface area contributed by atoms with E-state index in [2.05, 4.69) is 54.4 Å². The molecule has 4 aliphatic carbocycles. The Morgan fingerprint density at radius 3 is 2.38 bits per heavy atom. The van der Waals surface area contributed by atoms with Gasteiger partial charge >= 0.3 is 6.09 Å². The summed E-state index contributed by atoms with van der Waals surface area (Å²) in [5.74, 6) is 6.07. The molecule has 0 aromatic heterocycles. The lowest BCUT2D eigenvalue weighted by molar-refractivity contribution is -0.122. The number of amidine groups is 1. The highest BCUT2D eigenvalue weighted by molar-refractivity contribution is 8.76. The second-order valence-electron chi connectivity index (χ2n) is 17.0. The molecule has 0 bridgehead atoms. The summed E-state index contributed by atoms with van der Waals surface area (Å²) in [6.45, 7) is 13.2. The van der Waals surface area contributed by atoms with Crippen molar-refractivity contribution in [2.75, 3.05) is 31.1 Å². The molecule has 12 heteroatoms. The van der Waals surface area contributed by atoms with Crippen LogP contribution in [0, 0.1) is 40.4 Å². The van der Waals surface area contributed by atoms with E-state index in [-0.39, 0.29) is 29.5 Å². The summed E-state index contributed by atoms with van der Waals surface area (Å²) in [5, 5.41) is 5.92. The average Bonchev–Trinajstić information content (AvgIpc) is 3.42. The minimum atomic E-state index is -0.515. The van der Waals surface area contributed by atoms with Crippen LogP contribution in [0.15, 0.2) is 21.6 Å². The third-order valence-corrected chi connectivity index (χ3v) is 15.4. The monoisotopic (exact) mass is 762 g/mol. The van der Waals surface area contributed by atoms with Gasteiger partial charge < -0.3 is 32.6 Å². The molecule has 0 aromatic rings. The standard InChI is InChI=1S/C40H71N7O3S2/c1-27(2)10-6-7-11-29-14-16-33-32-15-13-30-26-31(17-19-40(30,5)34(32)18-20-39(29,33)4)50-38(49)46-23-25-52-51-24-22-44-36(48)35(47-28(3)41)12-8-9-21-45-37(42)43/h13,27,29,31-35H,6-12,14-26H2,1-5H3,(H2,41,47)(H,44,48)(H,46,49)(H4,42,43,45). The highest BCUT2D eigenvalue weighted by Crippen LogP contribution is 2.66. The van der Waals surface area contributed by atoms with E-state index < -0.39 is 6.04 Å². The molecular weight excluding hydrogens is 691 g/mol. The van der Waals surface area contributed by atoms with E-state index in [1.165, 1.54) is 57.8 Å². The van der Waals surface area contributed by atoms with Crippen LogP contribution >= 0.6 is 21.6 Å². The maximum Gasteiger partial charge on any atom is 0.407 e. The van der Waals surface area contributed by atoms with Crippen LogP contribution in [0.5, 0.6) is 0 Å². The Morgan fingerprint density at radius 2 is 1.67 bits per heavy atom. The van der Waals surface area contributed by atoms with Crippen LogP contribution < -0.4 is 27.8 Å². The highest BCUT2D eigenvalue weighted by atomic mass is 33.1. The van der Waals surface area contributed by atoms with Crippen molar-refractivity contribution < 1.29 is 14.3 Å². The van der Waals surface area contributed by atoms with Crippen LogP contribution in [0.1, 0.15) is 131 Å². The highest BCUT2D eigenvalue weighted by Gasteiger charge is 2.58. The van der Waals surface area contributed by atoms with Gasteiger partial charge in [-0.25, -0.2) is 4.79 Å². The number of hydrogen-bond acceptors (Lipinski definition) is 7. The lowest BCUT2D eigenvalue weighted by atomic mass is 9.47. The largest absolute Gasteiger partial charge is 0.446 e. The Balaban J connectivity index is 1.11. The van der Waals surface area contributed by atoms with Gasteiger partial charge in [-0.2, -0.15) is 0 Å². The number of carbonyl (C=O) groups is 2. The van der Waals surface area contributed by atoms with Crippen LogP contribution in [0.2, 0.25) is 0 Å². The second-order valence-corrected chi connectivity index (χ2v) is 19.7. The maximum atomic E-state index is 12.7. The Hall–Kier alpha value is -2.08. The number of ether oxygens (including phenoxy) is 1. The third-order valence-electron chi connectivity index (χ3n) is 13.0. The van der Waals surface area contributed by atoms with E-state index in [1.54, 1.807) is 34.1 Å². The number of amides is 2. The summed E-state index contributed by atoms with van der Waals surface area (Å²) in [6.07, 6.45) is 19.8. The van der Waals surface area contributed by atoms with Gasteiger partial charge in [-0.15, -0.1) is 0 Å². The van der Waals surface area contributed by atoms with Gasteiger partial charge in [0, 0.05) is 37.6 Å². The van der Waals surface area contributed by atoms with E-state index in [4.69, 9.17) is 21.9 Å². The van der Waals surface area contributed by atoms with Crippen molar-refractivity contribution in [3.05, 3.63) is 11.6 Å². The fourth-order valence-corrected chi connectivity index (χ4v) is 12.1. The summed E-state index contributed by atoms with van der Waals surface area (Å²) in [4.78, 5) is 33.7. The second kappa shape index (κ2) is 20.6. The number of nitrogens with one attached hydrogen (secondary N) is 2. The number of nitrogens with zero attached hydrogens (tertiary/aromatic N) is 2. The maximum absolute atomic E-state index is 12.7. The van der Waals surface area contributed by atoms with Crippen molar-refractivity contribution in [3.8, 4) is 0 Å². The van der Waals surface area contributed by atoms with Crippen LogP contribution in [-0.4, -0.2) is 67.1 Å². The van der Waals surface area contributed by atoms with E-state index in [0.29, 0.717) is 37.3 Å². The van der Waals surface area contributed by atoms with Gasteiger partial charge in [-0.3, -0.25) is 14.8 Å². The van der Waals surface area contributed by atoms with Gasteiger partial charge in [-0.1, -0.05) is 80.2 Å². The summed E-state index contributed by atoms with van der Waals surface area (Å²) in [6, 6.07) is -0.515. The van der Waals surface area contributed by atoms with Crippen molar-refractivity contribution in [3.63, 3.8) is 0 Å². The van der Waals surface area contributed by atoms with Crippen molar-refractivity contribution in [1.82, 2.24) is 10.6 Å². The first-order chi connectivity index (χ1) is 24.8. The van der Waals surface area contributed by atoms with Crippen molar-refractivity contribution >= 4 is 45.4 Å². The quantitative estimate of drug-likeness (QED) is 0.0278. The Bertz CT molecular complexity index is 1250. The molecule has 3 saturated carbocycles. The average molecular weight is 762 g/mol. The zero-order valence-corrected chi connectivity index (χ0v) is 34.6. The molecule has 8 unspecified atom stereocenters. The topological polar surface area (TPSA) is 170 Å². The van der Waals surface area contributed by atoms with E-state index in [1.807, 2.05) is 0 Å². The molecule has 0 aliphatic heterocycles. The predicted octanol–water partition coefficient (Wildman–Crippen LogP) is 7.56. The number of hydrogen-bond donors (Lipinski definition) is 5. The lowest BCUT2D eigenvalue weighted by Gasteiger charge is -2.58. The summed E-state index contributed by atoms with van der Waals surface area (Å²) in [5.41, 5.74) is 18.8. The molecule has 0 heterocycles. The van der Waals surface area contributed by atoms with Gasteiger partial charge in [0.2, 0.25) is 5.91 Å². The van der Waals surface area contributed by atoms with E-state index in [9.17, 15) is 9.59 Å². The number of aliphatic imine (C=N–C) groups is 2. The molecular formula is C40H71N7O3S2. The first kappa shape index (κ1) is 42.7. The molecule has 0 saturated heterocycles. The van der Waals surface area contributed by atoms with Gasteiger partial charge in [0.25, 0.3) is 0 Å². The normalized spacial score (nSPS) is 30.4. The molecule has 3 fully saturated rings. The molecule has 4 rings (SSSR count). The number of alkyl carbamates (subject to hydrolysis) is 1.